The summed E-state index contributed by atoms with van der Waals surface area (Å²) in [4.78, 5) is 25.6. The number of aryl methyl sites for hydroxylation is 2. The predicted octanol–water partition coefficient (Wildman–Crippen LogP) is 7.05. The molecule has 192 valence electrons. The summed E-state index contributed by atoms with van der Waals surface area (Å²) in [6.07, 6.45) is 7.07. The van der Waals surface area contributed by atoms with Gasteiger partial charge in [0, 0.05) is 36.2 Å². The van der Waals surface area contributed by atoms with Crippen molar-refractivity contribution in [2.24, 2.45) is 0 Å². The zero-order valence-electron chi connectivity index (χ0n) is 21.7. The van der Waals surface area contributed by atoms with Gasteiger partial charge in [-0.15, -0.1) is 0 Å². The molecule has 6 rings (SSSR count). The molecule has 7 heteroatoms. The summed E-state index contributed by atoms with van der Waals surface area (Å²) in [6, 6.07) is 35.1. The summed E-state index contributed by atoms with van der Waals surface area (Å²) in [7, 11) is 0. The second-order valence-electron chi connectivity index (χ2n) is 8.19. The second kappa shape index (κ2) is 15.7. The van der Waals surface area contributed by atoms with Crippen LogP contribution in [0.2, 0.25) is 0 Å². The topological polar surface area (TPSA) is 77.3 Å². The Hall–Kier alpha value is -4.48. The van der Waals surface area contributed by atoms with Crippen LogP contribution in [0.5, 0.6) is 0 Å². The Kier molecular flexibility index (Phi) is 11.7. The van der Waals surface area contributed by atoms with Gasteiger partial charge >= 0.3 is 19.5 Å². The first-order chi connectivity index (χ1) is 18.7. The Morgan fingerprint density at radius 3 is 0.846 bits per heavy atom. The molecule has 0 unspecified atom stereocenters. The number of pyridine rings is 6. The van der Waals surface area contributed by atoms with Crippen LogP contribution in [-0.2, 0) is 19.5 Å². The van der Waals surface area contributed by atoms with Gasteiger partial charge in [-0.1, -0.05) is 36.4 Å². The molecule has 6 nitrogen and oxygen atoms in total. The molecule has 6 aromatic heterocycles. The maximum Gasteiger partial charge on any atom is 2.00 e. The fourth-order valence-electron chi connectivity index (χ4n) is 3.43. The van der Waals surface area contributed by atoms with E-state index < -0.39 is 0 Å². The molecule has 0 aliphatic heterocycles. The number of hydrogen-bond acceptors (Lipinski definition) is 6. The van der Waals surface area contributed by atoms with E-state index in [1.54, 1.807) is 24.8 Å². The maximum absolute atomic E-state index is 4.42. The predicted molar refractivity (Wildman–Crippen MR) is 152 cm³/mol. The number of hydrogen-bond donors (Lipinski definition) is 0. The molecule has 0 aliphatic carbocycles. The molecule has 39 heavy (non-hydrogen) atoms. The van der Waals surface area contributed by atoms with E-state index in [1.807, 2.05) is 123 Å². The quantitative estimate of drug-likeness (QED) is 0.204. The van der Waals surface area contributed by atoms with Crippen molar-refractivity contribution in [1.29, 1.82) is 0 Å². The Morgan fingerprint density at radius 1 is 0.333 bits per heavy atom. The zero-order valence-corrected chi connectivity index (χ0v) is 23.5. The number of aromatic nitrogens is 6. The van der Waals surface area contributed by atoms with Crippen LogP contribution in [0.1, 0.15) is 11.4 Å². The third-order valence-electron chi connectivity index (χ3n) is 5.22. The van der Waals surface area contributed by atoms with Crippen molar-refractivity contribution in [3.63, 3.8) is 0 Å². The van der Waals surface area contributed by atoms with Gasteiger partial charge in [-0.05, 0) is 86.6 Å². The number of nitrogens with zero attached hydrogens (tertiary/aromatic N) is 6. The van der Waals surface area contributed by atoms with Gasteiger partial charge in [0.05, 0.1) is 34.2 Å². The van der Waals surface area contributed by atoms with Crippen molar-refractivity contribution in [3.05, 3.63) is 145 Å². The van der Waals surface area contributed by atoms with Crippen molar-refractivity contribution in [3.8, 4) is 34.2 Å². The first-order valence-electron chi connectivity index (χ1n) is 12.2. The van der Waals surface area contributed by atoms with Gasteiger partial charge in [-0.2, -0.15) is 0 Å². The van der Waals surface area contributed by atoms with E-state index in [0.29, 0.717) is 0 Å². The molecule has 0 N–H and O–H groups in total. The summed E-state index contributed by atoms with van der Waals surface area (Å²) in [5.41, 5.74) is 7.58. The molecule has 0 spiro atoms. The van der Waals surface area contributed by atoms with Crippen LogP contribution in [-0.4, -0.2) is 29.9 Å². The minimum Gasteiger partial charge on any atom is -0.255 e. The van der Waals surface area contributed by atoms with Crippen LogP contribution in [0.3, 0.4) is 0 Å². The minimum absolute atomic E-state index is 0. The largest absolute Gasteiger partial charge is 2.00 e. The van der Waals surface area contributed by atoms with Crippen molar-refractivity contribution >= 4 is 0 Å². The van der Waals surface area contributed by atoms with E-state index in [9.17, 15) is 0 Å². The first kappa shape index (κ1) is 29.1. The molecule has 6 heterocycles. The van der Waals surface area contributed by atoms with Crippen LogP contribution in [0.25, 0.3) is 34.2 Å². The molecule has 0 aliphatic rings. The molecule has 0 fully saturated rings. The Labute approximate surface area is 242 Å². The molecule has 0 saturated heterocycles. The van der Waals surface area contributed by atoms with Crippen molar-refractivity contribution < 1.29 is 19.5 Å². The van der Waals surface area contributed by atoms with Crippen molar-refractivity contribution in [1.82, 2.24) is 29.9 Å². The first-order valence-corrected chi connectivity index (χ1v) is 12.2. The fourth-order valence-corrected chi connectivity index (χ4v) is 3.43. The van der Waals surface area contributed by atoms with Crippen LogP contribution in [0.15, 0.2) is 134 Å². The van der Waals surface area contributed by atoms with Gasteiger partial charge in [-0.3, -0.25) is 29.9 Å². The number of rotatable bonds is 3. The SMILES string of the molecule is Cc1cccc(-c2cccc(C)n2)n1.[Ru+2].c1ccc(-c2ccccn2)nc1.c1ccc(-c2ccccn2)nc1. The molecule has 0 aromatic carbocycles. The molecule has 0 amide bonds. The van der Waals surface area contributed by atoms with Crippen LogP contribution in [0, 0.1) is 13.8 Å². The zero-order chi connectivity index (χ0) is 26.4. The van der Waals surface area contributed by atoms with E-state index in [0.717, 1.165) is 45.6 Å². The van der Waals surface area contributed by atoms with Gasteiger partial charge in [0.15, 0.2) is 0 Å². The third-order valence-corrected chi connectivity index (χ3v) is 5.22. The van der Waals surface area contributed by atoms with Crippen molar-refractivity contribution in [2.75, 3.05) is 0 Å². The van der Waals surface area contributed by atoms with E-state index in [1.165, 1.54) is 0 Å². The normalized spacial score (nSPS) is 9.59. The van der Waals surface area contributed by atoms with Gasteiger partial charge < -0.3 is 0 Å². The Balaban J connectivity index is 0.000000160. The summed E-state index contributed by atoms with van der Waals surface area (Å²) >= 11 is 0. The maximum atomic E-state index is 4.42. The third kappa shape index (κ3) is 9.40. The van der Waals surface area contributed by atoms with Crippen LogP contribution >= 0.6 is 0 Å². The summed E-state index contributed by atoms with van der Waals surface area (Å²) in [5, 5.41) is 0. The molecule has 0 radical (unpaired) electrons. The molecular formula is C32H28N6Ru+2. The minimum atomic E-state index is 0. The summed E-state index contributed by atoms with van der Waals surface area (Å²) in [5.74, 6) is 0. The van der Waals surface area contributed by atoms with Crippen molar-refractivity contribution in [2.45, 2.75) is 13.8 Å². The average molecular weight is 598 g/mol. The van der Waals surface area contributed by atoms with Crippen LogP contribution < -0.4 is 0 Å². The average Bonchev–Trinajstić information content (AvgIpc) is 3.00. The summed E-state index contributed by atoms with van der Waals surface area (Å²) < 4.78 is 0. The van der Waals surface area contributed by atoms with E-state index >= 15 is 0 Å². The molecule has 0 bridgehead atoms. The molecule has 0 saturated carbocycles. The molecule has 6 aromatic rings. The summed E-state index contributed by atoms with van der Waals surface area (Å²) in [6.45, 7) is 3.97. The molecular weight excluding hydrogens is 569 g/mol. The molecule has 0 atom stereocenters. The van der Waals surface area contributed by atoms with E-state index in [2.05, 4.69) is 29.9 Å². The van der Waals surface area contributed by atoms with Gasteiger partial charge in [-0.25, -0.2) is 0 Å². The Bertz CT molecular complexity index is 1320. The smallest absolute Gasteiger partial charge is 0.255 e. The second-order valence-corrected chi connectivity index (χ2v) is 8.19. The van der Waals surface area contributed by atoms with Crippen LogP contribution in [0.4, 0.5) is 0 Å². The van der Waals surface area contributed by atoms with Gasteiger partial charge in [0.1, 0.15) is 0 Å². The Morgan fingerprint density at radius 2 is 0.615 bits per heavy atom. The van der Waals surface area contributed by atoms with Gasteiger partial charge in [0.25, 0.3) is 0 Å². The fraction of sp³-hybridized carbons (Fsp3) is 0.0625. The monoisotopic (exact) mass is 598 g/mol. The van der Waals surface area contributed by atoms with E-state index in [4.69, 9.17) is 0 Å². The van der Waals surface area contributed by atoms with Gasteiger partial charge in [0.2, 0.25) is 0 Å². The van der Waals surface area contributed by atoms with E-state index in [-0.39, 0.29) is 19.5 Å². The standard InChI is InChI=1S/C12H12N2.2C10H8N2.Ru/c1-9-5-3-7-11(13-9)12-8-4-6-10(2)14-12;2*1-3-7-11-9(5-1)10-6-2-4-8-12-10;/h3-8H,1-2H3;2*1-8H;/q;;;+2.